The minimum atomic E-state index is -0.277. The van der Waals surface area contributed by atoms with Gasteiger partial charge in [-0.25, -0.2) is 4.39 Å². The molecule has 106 valence electrons. The molecule has 0 spiro atoms. The predicted molar refractivity (Wildman–Crippen MR) is 80.1 cm³/mol. The maximum Gasteiger partial charge on any atom is 0.141 e. The highest BCUT2D eigenvalue weighted by Crippen LogP contribution is 2.19. The summed E-state index contributed by atoms with van der Waals surface area (Å²) >= 11 is 0. The molecule has 0 saturated carbocycles. The second-order valence-electron chi connectivity index (χ2n) is 5.07. The number of hydrogen-bond donors (Lipinski definition) is 1. The first-order valence-electron chi connectivity index (χ1n) is 7.08. The SMILES string of the molecule is CCNC(CCc1cccc(C)c1)c1cncc(F)c1. The maximum atomic E-state index is 13.3. The topological polar surface area (TPSA) is 24.9 Å². The molecule has 2 rings (SSSR count). The molecule has 3 heteroatoms. The Balaban J connectivity index is 2.06. The number of nitrogens with one attached hydrogen (secondary N) is 1. The third-order valence-electron chi connectivity index (χ3n) is 3.38. The van der Waals surface area contributed by atoms with Crippen LogP contribution in [0.3, 0.4) is 0 Å². The Bertz CT molecular complexity index is 554. The third-order valence-corrected chi connectivity index (χ3v) is 3.38. The fraction of sp³-hybridized carbons (Fsp3) is 0.353. The zero-order valence-electron chi connectivity index (χ0n) is 12.1. The summed E-state index contributed by atoms with van der Waals surface area (Å²) in [4.78, 5) is 3.94. The van der Waals surface area contributed by atoms with Crippen LogP contribution in [0.5, 0.6) is 0 Å². The first-order valence-corrected chi connectivity index (χ1v) is 7.08. The number of aryl methyl sites for hydroxylation is 2. The number of aromatic nitrogens is 1. The molecular weight excluding hydrogens is 251 g/mol. The predicted octanol–water partition coefficient (Wildman–Crippen LogP) is 3.81. The third kappa shape index (κ3) is 4.14. The Morgan fingerprint density at radius 1 is 1.25 bits per heavy atom. The maximum absolute atomic E-state index is 13.3. The Hall–Kier alpha value is -1.74. The van der Waals surface area contributed by atoms with Gasteiger partial charge in [-0.05, 0) is 43.5 Å². The van der Waals surface area contributed by atoms with Gasteiger partial charge in [0.05, 0.1) is 6.20 Å². The highest BCUT2D eigenvalue weighted by Gasteiger charge is 2.11. The molecule has 0 aliphatic carbocycles. The molecule has 0 aliphatic heterocycles. The molecule has 1 aromatic carbocycles. The number of halogens is 1. The van der Waals surface area contributed by atoms with Crippen LogP contribution in [0.1, 0.15) is 36.1 Å². The molecule has 0 saturated heterocycles. The largest absolute Gasteiger partial charge is 0.310 e. The van der Waals surface area contributed by atoms with Gasteiger partial charge in [0, 0.05) is 12.2 Å². The van der Waals surface area contributed by atoms with E-state index in [1.165, 1.54) is 17.3 Å². The molecule has 1 heterocycles. The van der Waals surface area contributed by atoms with E-state index in [2.05, 4.69) is 48.4 Å². The summed E-state index contributed by atoms with van der Waals surface area (Å²) in [7, 11) is 0. The van der Waals surface area contributed by atoms with Gasteiger partial charge in [-0.15, -0.1) is 0 Å². The highest BCUT2D eigenvalue weighted by molar-refractivity contribution is 5.23. The van der Waals surface area contributed by atoms with Crippen LogP contribution in [0, 0.1) is 12.7 Å². The molecule has 0 radical (unpaired) electrons. The van der Waals surface area contributed by atoms with E-state index >= 15 is 0 Å². The van der Waals surface area contributed by atoms with E-state index in [1.807, 2.05) is 0 Å². The molecule has 0 fully saturated rings. The molecule has 2 aromatic rings. The molecule has 0 amide bonds. The lowest BCUT2D eigenvalue weighted by atomic mass is 9.99. The van der Waals surface area contributed by atoms with Gasteiger partial charge in [-0.2, -0.15) is 0 Å². The van der Waals surface area contributed by atoms with Gasteiger partial charge in [-0.3, -0.25) is 4.98 Å². The average Bonchev–Trinajstić information content (AvgIpc) is 2.43. The number of benzene rings is 1. The first-order chi connectivity index (χ1) is 9.69. The monoisotopic (exact) mass is 272 g/mol. The van der Waals surface area contributed by atoms with Crippen molar-refractivity contribution in [3.8, 4) is 0 Å². The van der Waals surface area contributed by atoms with Crippen LogP contribution in [-0.2, 0) is 6.42 Å². The Labute approximate surface area is 120 Å². The van der Waals surface area contributed by atoms with E-state index in [0.29, 0.717) is 0 Å². The van der Waals surface area contributed by atoms with Crippen LogP contribution in [0.15, 0.2) is 42.7 Å². The van der Waals surface area contributed by atoms with Gasteiger partial charge < -0.3 is 5.32 Å². The van der Waals surface area contributed by atoms with Crippen molar-refractivity contribution in [3.63, 3.8) is 0 Å². The zero-order valence-corrected chi connectivity index (χ0v) is 12.1. The molecule has 1 unspecified atom stereocenters. The lowest BCUT2D eigenvalue weighted by Gasteiger charge is -2.18. The van der Waals surface area contributed by atoms with Crippen molar-refractivity contribution < 1.29 is 4.39 Å². The van der Waals surface area contributed by atoms with Crippen molar-refractivity contribution in [3.05, 3.63) is 65.2 Å². The molecule has 1 aromatic heterocycles. The number of nitrogens with zero attached hydrogens (tertiary/aromatic N) is 1. The second kappa shape index (κ2) is 7.15. The molecule has 0 bridgehead atoms. The van der Waals surface area contributed by atoms with Crippen molar-refractivity contribution >= 4 is 0 Å². The lowest BCUT2D eigenvalue weighted by Crippen LogP contribution is -2.21. The summed E-state index contributed by atoms with van der Waals surface area (Å²) in [5.41, 5.74) is 3.51. The zero-order chi connectivity index (χ0) is 14.4. The van der Waals surface area contributed by atoms with Gasteiger partial charge >= 0.3 is 0 Å². The van der Waals surface area contributed by atoms with E-state index in [1.54, 1.807) is 12.3 Å². The quantitative estimate of drug-likeness (QED) is 0.865. The van der Waals surface area contributed by atoms with Crippen LogP contribution in [0.4, 0.5) is 4.39 Å². The molecule has 1 N–H and O–H groups in total. The van der Waals surface area contributed by atoms with Gasteiger partial charge in [0.15, 0.2) is 0 Å². The summed E-state index contributed by atoms with van der Waals surface area (Å²) in [5.74, 6) is -0.277. The summed E-state index contributed by atoms with van der Waals surface area (Å²) < 4.78 is 13.3. The lowest BCUT2D eigenvalue weighted by molar-refractivity contribution is 0.508. The summed E-state index contributed by atoms with van der Waals surface area (Å²) in [6.07, 6.45) is 4.89. The molecule has 20 heavy (non-hydrogen) atoms. The summed E-state index contributed by atoms with van der Waals surface area (Å²) in [6.45, 7) is 5.02. The van der Waals surface area contributed by atoms with Crippen molar-refractivity contribution in [2.75, 3.05) is 6.54 Å². The number of rotatable bonds is 6. The Morgan fingerprint density at radius 2 is 2.10 bits per heavy atom. The van der Waals surface area contributed by atoms with E-state index in [4.69, 9.17) is 0 Å². The average molecular weight is 272 g/mol. The van der Waals surface area contributed by atoms with Crippen LogP contribution in [0.25, 0.3) is 0 Å². The number of pyridine rings is 1. The standard InChI is InChI=1S/C17H21FN2/c1-3-20-17(15-10-16(18)12-19-11-15)8-7-14-6-4-5-13(2)9-14/h4-6,9-12,17,20H,3,7-8H2,1-2H3. The minimum absolute atomic E-state index is 0.142. The van der Waals surface area contributed by atoms with Crippen LogP contribution >= 0.6 is 0 Å². The Morgan fingerprint density at radius 3 is 2.80 bits per heavy atom. The van der Waals surface area contributed by atoms with E-state index in [-0.39, 0.29) is 11.9 Å². The van der Waals surface area contributed by atoms with Crippen molar-refractivity contribution in [2.45, 2.75) is 32.7 Å². The van der Waals surface area contributed by atoms with Gasteiger partial charge in [0.1, 0.15) is 5.82 Å². The second-order valence-corrected chi connectivity index (χ2v) is 5.07. The van der Waals surface area contributed by atoms with Crippen molar-refractivity contribution in [1.29, 1.82) is 0 Å². The van der Waals surface area contributed by atoms with Crippen LogP contribution in [-0.4, -0.2) is 11.5 Å². The minimum Gasteiger partial charge on any atom is -0.310 e. The van der Waals surface area contributed by atoms with Crippen molar-refractivity contribution in [1.82, 2.24) is 10.3 Å². The smallest absolute Gasteiger partial charge is 0.141 e. The van der Waals surface area contributed by atoms with Gasteiger partial charge in [0.2, 0.25) is 0 Å². The van der Waals surface area contributed by atoms with E-state index in [0.717, 1.165) is 24.9 Å². The highest BCUT2D eigenvalue weighted by atomic mass is 19.1. The van der Waals surface area contributed by atoms with Gasteiger partial charge in [0.25, 0.3) is 0 Å². The fourth-order valence-corrected chi connectivity index (χ4v) is 2.43. The molecule has 0 aliphatic rings. The van der Waals surface area contributed by atoms with E-state index < -0.39 is 0 Å². The van der Waals surface area contributed by atoms with Gasteiger partial charge in [-0.1, -0.05) is 36.8 Å². The fourth-order valence-electron chi connectivity index (χ4n) is 2.43. The molecule has 1 atom stereocenters. The van der Waals surface area contributed by atoms with E-state index in [9.17, 15) is 4.39 Å². The molecule has 2 nitrogen and oxygen atoms in total. The molecular formula is C17H21FN2. The van der Waals surface area contributed by atoms with Crippen LogP contribution < -0.4 is 5.32 Å². The summed E-state index contributed by atoms with van der Waals surface area (Å²) in [5, 5.41) is 3.40. The number of hydrogen-bond acceptors (Lipinski definition) is 2. The van der Waals surface area contributed by atoms with Crippen LogP contribution in [0.2, 0.25) is 0 Å². The van der Waals surface area contributed by atoms with Crippen molar-refractivity contribution in [2.24, 2.45) is 0 Å². The first kappa shape index (κ1) is 14.7. The summed E-state index contributed by atoms with van der Waals surface area (Å²) in [6, 6.07) is 10.2. The Kier molecular flexibility index (Phi) is 5.24. The normalized spacial score (nSPS) is 12.3.